The van der Waals surface area contributed by atoms with Crippen molar-refractivity contribution in [3.05, 3.63) is 87.5 Å². The molecule has 1 saturated heterocycles. The smallest absolute Gasteiger partial charge is 0.416 e. The number of amides is 1. The predicted molar refractivity (Wildman–Crippen MR) is 135 cm³/mol. The van der Waals surface area contributed by atoms with Gasteiger partial charge in [-0.2, -0.15) is 26.3 Å². The molecule has 1 fully saturated rings. The van der Waals surface area contributed by atoms with Crippen LogP contribution in [0.15, 0.2) is 60.7 Å². The lowest BCUT2D eigenvalue weighted by atomic mass is 10.0. The number of halogens is 6. The number of piperidine rings is 1. The van der Waals surface area contributed by atoms with Gasteiger partial charge < -0.3 is 15.0 Å². The van der Waals surface area contributed by atoms with Crippen LogP contribution in [-0.2, 0) is 12.4 Å². The van der Waals surface area contributed by atoms with Gasteiger partial charge in [0.05, 0.1) is 27.4 Å². The second-order valence-corrected chi connectivity index (χ2v) is 9.29. The van der Waals surface area contributed by atoms with Crippen LogP contribution in [0.25, 0.3) is 0 Å². The number of benzene rings is 3. The first-order valence-electron chi connectivity index (χ1n) is 12.2. The van der Waals surface area contributed by atoms with Crippen molar-refractivity contribution in [2.75, 3.05) is 16.8 Å². The zero-order chi connectivity index (χ0) is 29.2. The van der Waals surface area contributed by atoms with E-state index in [1.165, 1.54) is 30.3 Å². The molecule has 0 radical (unpaired) electrons. The number of nitro benzene ring substituents is 1. The second kappa shape index (κ2) is 11.1. The number of alkyl halides is 6. The molecule has 3 aromatic carbocycles. The van der Waals surface area contributed by atoms with Crippen LogP contribution in [0.1, 0.15) is 47.7 Å². The molecule has 1 N–H and O–H groups in total. The van der Waals surface area contributed by atoms with Crippen LogP contribution in [0.5, 0.6) is 11.5 Å². The van der Waals surface area contributed by atoms with E-state index in [4.69, 9.17) is 4.74 Å². The largest absolute Gasteiger partial charge is 0.450 e. The summed E-state index contributed by atoms with van der Waals surface area (Å²) in [6, 6.07) is 10.1. The number of carbonyl (C=O) groups is 1. The molecular formula is C27H23F6N3O4. The molecule has 1 aliphatic rings. The Morgan fingerprint density at radius 3 is 2.17 bits per heavy atom. The number of hydrogen-bond donors (Lipinski definition) is 1. The molecule has 0 aromatic heterocycles. The topological polar surface area (TPSA) is 84.7 Å². The minimum Gasteiger partial charge on any atom is -0.450 e. The normalized spacial score (nSPS) is 16.0. The molecule has 0 spiro atoms. The highest BCUT2D eigenvalue weighted by atomic mass is 19.4. The van der Waals surface area contributed by atoms with Gasteiger partial charge in [-0.3, -0.25) is 14.9 Å². The summed E-state index contributed by atoms with van der Waals surface area (Å²) in [5.41, 5.74) is -2.54. The minimum absolute atomic E-state index is 0.00530. The maximum atomic E-state index is 13.4. The zero-order valence-corrected chi connectivity index (χ0v) is 21.0. The molecule has 3 aromatic rings. The average Bonchev–Trinajstić information content (AvgIpc) is 2.88. The van der Waals surface area contributed by atoms with Crippen LogP contribution in [-0.4, -0.2) is 23.4 Å². The van der Waals surface area contributed by atoms with Gasteiger partial charge in [-0.1, -0.05) is 0 Å². The number of nitro groups is 1. The van der Waals surface area contributed by atoms with Gasteiger partial charge in [-0.05, 0) is 80.8 Å². The van der Waals surface area contributed by atoms with E-state index in [1.54, 1.807) is 0 Å². The van der Waals surface area contributed by atoms with E-state index in [9.17, 15) is 41.3 Å². The third-order valence-electron chi connectivity index (χ3n) is 6.51. The number of hydrogen-bond acceptors (Lipinski definition) is 5. The third-order valence-corrected chi connectivity index (χ3v) is 6.51. The van der Waals surface area contributed by atoms with Crippen LogP contribution in [0.2, 0.25) is 0 Å². The van der Waals surface area contributed by atoms with Crippen molar-refractivity contribution in [1.29, 1.82) is 0 Å². The van der Waals surface area contributed by atoms with Gasteiger partial charge in [0.1, 0.15) is 5.75 Å². The van der Waals surface area contributed by atoms with Crippen molar-refractivity contribution in [3.63, 3.8) is 0 Å². The van der Waals surface area contributed by atoms with Gasteiger partial charge in [0.2, 0.25) is 5.75 Å². The molecule has 1 heterocycles. The number of anilines is 2. The summed E-state index contributed by atoms with van der Waals surface area (Å²) in [6.45, 7) is 2.58. The molecule has 1 unspecified atom stereocenters. The SMILES string of the molecule is CC1CCCCN1c1ccc(C(F)(F)F)cc1NC(=O)c1ccc(Oc2ccc(C(F)(F)F)cc2[N+](=O)[O-])cc1. The lowest BCUT2D eigenvalue weighted by Gasteiger charge is -2.36. The summed E-state index contributed by atoms with van der Waals surface area (Å²) in [6.07, 6.45) is -6.70. The second-order valence-electron chi connectivity index (χ2n) is 9.29. The molecular weight excluding hydrogens is 544 g/mol. The van der Waals surface area contributed by atoms with Crippen LogP contribution >= 0.6 is 0 Å². The van der Waals surface area contributed by atoms with Crippen molar-refractivity contribution < 1.29 is 40.8 Å². The fourth-order valence-electron chi connectivity index (χ4n) is 4.44. The minimum atomic E-state index is -4.79. The average molecular weight is 567 g/mol. The fourth-order valence-corrected chi connectivity index (χ4v) is 4.44. The van der Waals surface area contributed by atoms with Gasteiger partial charge in [-0.15, -0.1) is 0 Å². The molecule has 4 rings (SSSR count). The highest BCUT2D eigenvalue weighted by Gasteiger charge is 2.34. The van der Waals surface area contributed by atoms with E-state index >= 15 is 0 Å². The van der Waals surface area contributed by atoms with Gasteiger partial charge in [-0.25, -0.2) is 0 Å². The van der Waals surface area contributed by atoms with Crippen LogP contribution in [0.3, 0.4) is 0 Å². The summed E-state index contributed by atoms with van der Waals surface area (Å²) in [7, 11) is 0. The van der Waals surface area contributed by atoms with Crippen LogP contribution in [0, 0.1) is 10.1 Å². The summed E-state index contributed by atoms with van der Waals surface area (Å²) < 4.78 is 84.5. The first-order chi connectivity index (χ1) is 18.7. The lowest BCUT2D eigenvalue weighted by Crippen LogP contribution is -2.38. The van der Waals surface area contributed by atoms with Crippen molar-refractivity contribution in [3.8, 4) is 11.5 Å². The Labute approximate surface area is 224 Å². The molecule has 7 nitrogen and oxygen atoms in total. The molecule has 212 valence electrons. The van der Waals surface area contributed by atoms with Gasteiger partial charge in [0.15, 0.2) is 0 Å². The Bertz CT molecular complexity index is 1410. The molecule has 13 heteroatoms. The number of carbonyl (C=O) groups excluding carboxylic acids is 1. The quantitative estimate of drug-likeness (QED) is 0.185. The third kappa shape index (κ3) is 6.46. The van der Waals surface area contributed by atoms with E-state index in [0.717, 1.165) is 37.5 Å². The number of nitrogens with one attached hydrogen (secondary N) is 1. The van der Waals surface area contributed by atoms with Crippen molar-refractivity contribution >= 4 is 23.0 Å². The summed E-state index contributed by atoms with van der Waals surface area (Å²) in [5, 5.41) is 13.8. The summed E-state index contributed by atoms with van der Waals surface area (Å²) in [5.74, 6) is -1.17. The summed E-state index contributed by atoms with van der Waals surface area (Å²) >= 11 is 0. The first kappa shape index (κ1) is 28.7. The maximum Gasteiger partial charge on any atom is 0.416 e. The van der Waals surface area contributed by atoms with E-state index in [1.807, 2.05) is 11.8 Å². The van der Waals surface area contributed by atoms with Crippen LogP contribution < -0.4 is 15.0 Å². The molecule has 1 atom stereocenters. The molecule has 0 aliphatic carbocycles. The van der Waals surface area contributed by atoms with Crippen molar-refractivity contribution in [2.45, 2.75) is 44.6 Å². The molecule has 1 amide bonds. The number of ether oxygens (including phenoxy) is 1. The maximum absolute atomic E-state index is 13.4. The predicted octanol–water partition coefficient (Wildman–Crippen LogP) is 8.06. The van der Waals surface area contributed by atoms with Crippen LogP contribution in [0.4, 0.5) is 43.4 Å². The molecule has 1 aliphatic heterocycles. The molecule has 0 bridgehead atoms. The fraction of sp³-hybridized carbons (Fsp3) is 0.296. The lowest BCUT2D eigenvalue weighted by molar-refractivity contribution is -0.385. The van der Waals surface area contributed by atoms with E-state index < -0.39 is 45.7 Å². The van der Waals surface area contributed by atoms with Gasteiger partial charge in [0, 0.05) is 24.2 Å². The van der Waals surface area contributed by atoms with Crippen molar-refractivity contribution in [2.24, 2.45) is 0 Å². The Kier molecular flexibility index (Phi) is 7.94. The monoisotopic (exact) mass is 567 g/mol. The summed E-state index contributed by atoms with van der Waals surface area (Å²) in [4.78, 5) is 25.2. The number of nitrogens with zero attached hydrogens (tertiary/aromatic N) is 2. The van der Waals surface area contributed by atoms with E-state index in [0.29, 0.717) is 24.4 Å². The molecule has 40 heavy (non-hydrogen) atoms. The van der Waals surface area contributed by atoms with Crippen molar-refractivity contribution in [1.82, 2.24) is 0 Å². The Morgan fingerprint density at radius 2 is 1.57 bits per heavy atom. The highest BCUT2D eigenvalue weighted by molar-refractivity contribution is 6.06. The zero-order valence-electron chi connectivity index (χ0n) is 21.0. The first-order valence-corrected chi connectivity index (χ1v) is 12.2. The Balaban J connectivity index is 1.57. The number of rotatable bonds is 6. The highest BCUT2D eigenvalue weighted by Crippen LogP contribution is 2.39. The Hall–Kier alpha value is -4.29. The van der Waals surface area contributed by atoms with Gasteiger partial charge >= 0.3 is 18.0 Å². The van der Waals surface area contributed by atoms with Gasteiger partial charge in [0.25, 0.3) is 5.91 Å². The van der Waals surface area contributed by atoms with E-state index in [2.05, 4.69) is 5.32 Å². The standard InChI is InChI=1S/C27H23F6N3O4/c1-16-4-2-3-13-35(16)22-11-7-18(26(28,29)30)14-21(22)34-25(37)17-5-9-20(10-6-17)40-24-12-8-19(27(31,32)33)15-23(24)36(38)39/h5-12,14-16H,2-4,13H2,1H3,(H,34,37). The molecule has 0 saturated carbocycles. The Morgan fingerprint density at radius 1 is 0.950 bits per heavy atom. The van der Waals surface area contributed by atoms with E-state index in [-0.39, 0.29) is 23.0 Å².